The van der Waals surface area contributed by atoms with Gasteiger partial charge in [-0.3, -0.25) is 14.4 Å². The van der Waals surface area contributed by atoms with E-state index in [2.05, 4.69) is 5.32 Å². The van der Waals surface area contributed by atoms with Crippen LogP contribution >= 0.6 is 11.8 Å². The predicted octanol–water partition coefficient (Wildman–Crippen LogP) is 1.89. The van der Waals surface area contributed by atoms with E-state index in [9.17, 15) is 24.3 Å². The largest absolute Gasteiger partial charge is 0.508 e. The number of benzene rings is 1. The van der Waals surface area contributed by atoms with Gasteiger partial charge in [-0.05, 0) is 37.5 Å². The summed E-state index contributed by atoms with van der Waals surface area (Å²) >= 11 is 1.09. The Hall–Kier alpha value is -2.55. The van der Waals surface area contributed by atoms with Crippen molar-refractivity contribution in [2.75, 3.05) is 18.9 Å². The van der Waals surface area contributed by atoms with Crippen molar-refractivity contribution in [2.45, 2.75) is 52.1 Å². The van der Waals surface area contributed by atoms with E-state index in [1.54, 1.807) is 30.9 Å². The van der Waals surface area contributed by atoms with Crippen molar-refractivity contribution in [2.24, 2.45) is 5.92 Å². The Kier molecular flexibility index (Phi) is 9.36. The Labute approximate surface area is 186 Å². The fraction of sp³-hybridized carbons (Fsp3) is 0.545. The summed E-state index contributed by atoms with van der Waals surface area (Å²) < 4.78 is 5.11. The molecule has 1 heterocycles. The van der Waals surface area contributed by atoms with Gasteiger partial charge in [0.1, 0.15) is 17.8 Å². The van der Waals surface area contributed by atoms with Crippen molar-refractivity contribution in [3.8, 4) is 5.75 Å². The number of amides is 2. The van der Waals surface area contributed by atoms with E-state index in [1.165, 1.54) is 19.1 Å². The molecule has 2 rings (SSSR count). The number of rotatable bonds is 9. The number of hydrogen-bond donors (Lipinski definition) is 2. The van der Waals surface area contributed by atoms with Crippen LogP contribution in [0.3, 0.4) is 0 Å². The summed E-state index contributed by atoms with van der Waals surface area (Å²) in [6.45, 7) is 5.54. The lowest BCUT2D eigenvalue weighted by Gasteiger charge is -2.28. The van der Waals surface area contributed by atoms with E-state index >= 15 is 0 Å². The van der Waals surface area contributed by atoms with Crippen LogP contribution in [-0.2, 0) is 30.3 Å². The van der Waals surface area contributed by atoms with Crippen LogP contribution in [0.15, 0.2) is 24.3 Å². The van der Waals surface area contributed by atoms with E-state index in [0.717, 1.165) is 17.3 Å². The number of aromatic hydroxyl groups is 1. The number of nitrogens with zero attached hydrogens (tertiary/aromatic N) is 1. The minimum Gasteiger partial charge on any atom is -0.508 e. The molecule has 1 aliphatic rings. The lowest BCUT2D eigenvalue weighted by Crippen LogP contribution is -2.52. The number of hydrogen-bond acceptors (Lipinski definition) is 7. The van der Waals surface area contributed by atoms with E-state index < -0.39 is 24.0 Å². The number of carbonyl (C=O) groups is 4. The molecule has 1 aromatic rings. The summed E-state index contributed by atoms with van der Waals surface area (Å²) in [6, 6.07) is 4.81. The molecule has 1 aromatic carbocycles. The molecule has 0 aliphatic carbocycles. The minimum absolute atomic E-state index is 0.0538. The van der Waals surface area contributed by atoms with Crippen LogP contribution < -0.4 is 5.32 Å². The summed E-state index contributed by atoms with van der Waals surface area (Å²) in [7, 11) is 0. The highest BCUT2D eigenvalue weighted by Gasteiger charge is 2.37. The molecule has 2 amide bonds. The topological polar surface area (TPSA) is 113 Å². The van der Waals surface area contributed by atoms with E-state index in [1.807, 2.05) is 0 Å². The number of carbonyl (C=O) groups excluding carboxylic acids is 4. The monoisotopic (exact) mass is 450 g/mol. The molecule has 2 N–H and O–H groups in total. The average Bonchev–Trinajstić information content (AvgIpc) is 3.22. The molecule has 1 saturated heterocycles. The van der Waals surface area contributed by atoms with Crippen LogP contribution in [0.5, 0.6) is 5.75 Å². The van der Waals surface area contributed by atoms with E-state index in [-0.39, 0.29) is 35.7 Å². The molecule has 0 aromatic heterocycles. The zero-order valence-corrected chi connectivity index (χ0v) is 18.9. The molecule has 31 heavy (non-hydrogen) atoms. The van der Waals surface area contributed by atoms with Crippen LogP contribution in [0.1, 0.15) is 39.2 Å². The van der Waals surface area contributed by atoms with Crippen molar-refractivity contribution < 1.29 is 29.0 Å². The van der Waals surface area contributed by atoms with Crippen LogP contribution in [0.25, 0.3) is 0 Å². The molecular formula is C22H30N2O6S. The zero-order valence-electron chi connectivity index (χ0n) is 18.1. The molecule has 1 fully saturated rings. The quantitative estimate of drug-likeness (QED) is 0.553. The van der Waals surface area contributed by atoms with Gasteiger partial charge >= 0.3 is 5.97 Å². The van der Waals surface area contributed by atoms with Gasteiger partial charge in [-0.25, -0.2) is 4.79 Å². The second-order valence-corrected chi connectivity index (χ2v) is 8.77. The molecular weight excluding hydrogens is 420 g/mol. The van der Waals surface area contributed by atoms with Gasteiger partial charge in [0, 0.05) is 31.6 Å². The van der Waals surface area contributed by atoms with Crippen molar-refractivity contribution in [1.29, 1.82) is 0 Å². The number of likely N-dealkylation sites (tertiary alicyclic amines) is 1. The molecule has 0 bridgehead atoms. The van der Waals surface area contributed by atoms with Gasteiger partial charge in [0.05, 0.1) is 6.61 Å². The lowest BCUT2D eigenvalue weighted by molar-refractivity contribution is -0.148. The minimum atomic E-state index is -0.903. The summed E-state index contributed by atoms with van der Waals surface area (Å²) in [5.74, 6) is -1.03. The highest BCUT2D eigenvalue weighted by Crippen LogP contribution is 2.22. The second-order valence-electron chi connectivity index (χ2n) is 7.58. The lowest BCUT2D eigenvalue weighted by atomic mass is 10.0. The first-order valence-corrected chi connectivity index (χ1v) is 11.4. The number of ether oxygens (including phenoxy) is 1. The van der Waals surface area contributed by atoms with E-state index in [0.29, 0.717) is 25.1 Å². The van der Waals surface area contributed by atoms with Gasteiger partial charge in [-0.15, -0.1) is 0 Å². The smallest absolute Gasteiger partial charge is 0.328 e. The third-order valence-electron chi connectivity index (χ3n) is 5.06. The molecule has 0 saturated carbocycles. The molecule has 170 valence electrons. The molecule has 1 aliphatic heterocycles. The SMILES string of the molecule is CCOC(=O)[C@H](Cc1ccc(O)cc1)NC(=O)[C@@H]1CCCN1C(=O)C(C)CSC(C)=O. The maximum atomic E-state index is 13.0. The van der Waals surface area contributed by atoms with Gasteiger partial charge < -0.3 is 20.1 Å². The number of thioether (sulfide) groups is 1. The average molecular weight is 451 g/mol. The van der Waals surface area contributed by atoms with Gasteiger partial charge in [-0.1, -0.05) is 30.8 Å². The van der Waals surface area contributed by atoms with Gasteiger partial charge in [0.2, 0.25) is 11.8 Å². The first-order chi connectivity index (χ1) is 14.7. The third-order valence-corrected chi connectivity index (χ3v) is 6.13. The Morgan fingerprint density at radius 3 is 2.55 bits per heavy atom. The molecule has 8 nitrogen and oxygen atoms in total. The Morgan fingerprint density at radius 1 is 1.26 bits per heavy atom. The molecule has 0 spiro atoms. The van der Waals surface area contributed by atoms with Gasteiger partial charge in [-0.2, -0.15) is 0 Å². The fourth-order valence-corrected chi connectivity index (χ4v) is 4.10. The predicted molar refractivity (Wildman–Crippen MR) is 117 cm³/mol. The third kappa shape index (κ3) is 7.27. The first-order valence-electron chi connectivity index (χ1n) is 10.4. The van der Waals surface area contributed by atoms with Crippen LogP contribution in [0.2, 0.25) is 0 Å². The first kappa shape index (κ1) is 24.7. The highest BCUT2D eigenvalue weighted by atomic mass is 32.2. The maximum absolute atomic E-state index is 13.0. The van der Waals surface area contributed by atoms with Crippen molar-refractivity contribution in [1.82, 2.24) is 10.2 Å². The Morgan fingerprint density at radius 2 is 1.94 bits per heavy atom. The number of phenolic OH excluding ortho intramolecular Hbond substituents is 1. The van der Waals surface area contributed by atoms with E-state index in [4.69, 9.17) is 4.74 Å². The van der Waals surface area contributed by atoms with Crippen molar-refractivity contribution in [3.63, 3.8) is 0 Å². The number of esters is 1. The normalized spacial score (nSPS) is 17.6. The molecule has 0 radical (unpaired) electrons. The van der Waals surface area contributed by atoms with Crippen LogP contribution in [-0.4, -0.2) is 63.9 Å². The summed E-state index contributed by atoms with van der Waals surface area (Å²) in [6.07, 6.45) is 1.41. The molecule has 3 atom stereocenters. The van der Waals surface area contributed by atoms with Gasteiger partial charge in [0.15, 0.2) is 5.12 Å². The summed E-state index contributed by atoms with van der Waals surface area (Å²) in [4.78, 5) is 51.0. The Bertz CT molecular complexity index is 798. The summed E-state index contributed by atoms with van der Waals surface area (Å²) in [5, 5.41) is 12.1. The van der Waals surface area contributed by atoms with Gasteiger partial charge in [0.25, 0.3) is 0 Å². The van der Waals surface area contributed by atoms with Crippen molar-refractivity contribution >= 4 is 34.7 Å². The zero-order chi connectivity index (χ0) is 23.0. The Balaban J connectivity index is 2.07. The highest BCUT2D eigenvalue weighted by molar-refractivity contribution is 8.13. The summed E-state index contributed by atoms with van der Waals surface area (Å²) in [5.41, 5.74) is 0.755. The number of phenols is 1. The van der Waals surface area contributed by atoms with Crippen molar-refractivity contribution in [3.05, 3.63) is 29.8 Å². The maximum Gasteiger partial charge on any atom is 0.328 e. The fourth-order valence-electron chi connectivity index (χ4n) is 3.47. The second kappa shape index (κ2) is 11.7. The molecule has 1 unspecified atom stereocenters. The molecule has 9 heteroatoms. The standard InChI is InChI=1S/C22H30N2O6S/c1-4-30-22(29)18(12-16-7-9-17(26)10-8-16)23-20(27)19-6-5-11-24(19)21(28)14(2)13-31-15(3)25/h7-10,14,18-19,26H,4-6,11-13H2,1-3H3,(H,23,27)/t14?,18-,19-/m0/s1. The van der Waals surface area contributed by atoms with Crippen LogP contribution in [0.4, 0.5) is 0 Å². The van der Waals surface area contributed by atoms with Crippen LogP contribution in [0, 0.1) is 5.92 Å². The number of nitrogens with one attached hydrogen (secondary N) is 1.